The molecule has 94 valence electrons. The fraction of sp³-hybridized carbons (Fsp3) is 0.600. The van der Waals surface area contributed by atoms with Gasteiger partial charge in [0.15, 0.2) is 0 Å². The van der Waals surface area contributed by atoms with Crippen LogP contribution < -0.4 is 10.6 Å². The van der Waals surface area contributed by atoms with Gasteiger partial charge in [-0.2, -0.15) is 0 Å². The van der Waals surface area contributed by atoms with Crippen molar-refractivity contribution in [2.75, 3.05) is 20.1 Å². The number of benzene rings is 1. The predicted octanol–water partition coefficient (Wildman–Crippen LogP) is 2.34. The quantitative estimate of drug-likeness (QED) is 0.754. The summed E-state index contributed by atoms with van der Waals surface area (Å²) in [5.41, 5.74) is 3.52. The standard InChI is InChI=1S/C15H24N2/c1-15(8-9-15)12-17-11-14-6-4-3-5-13(14)7-10-16-2/h3-6,16-17H,7-12H2,1-2H3. The summed E-state index contributed by atoms with van der Waals surface area (Å²) in [5, 5.41) is 6.81. The van der Waals surface area contributed by atoms with Crippen LogP contribution in [0.1, 0.15) is 30.9 Å². The van der Waals surface area contributed by atoms with Crippen LogP contribution in [-0.4, -0.2) is 20.1 Å². The van der Waals surface area contributed by atoms with Crippen LogP contribution in [0.25, 0.3) is 0 Å². The van der Waals surface area contributed by atoms with E-state index in [1.165, 1.54) is 24.0 Å². The predicted molar refractivity (Wildman–Crippen MR) is 73.1 cm³/mol. The van der Waals surface area contributed by atoms with Crippen LogP contribution >= 0.6 is 0 Å². The molecule has 0 aliphatic heterocycles. The Labute approximate surface area is 105 Å². The Kier molecular flexibility index (Phi) is 4.19. The van der Waals surface area contributed by atoms with E-state index in [2.05, 4.69) is 41.8 Å². The first-order valence-electron chi connectivity index (χ1n) is 6.66. The third-order valence-corrected chi connectivity index (χ3v) is 3.73. The van der Waals surface area contributed by atoms with Crippen molar-refractivity contribution in [2.45, 2.75) is 32.7 Å². The lowest BCUT2D eigenvalue weighted by atomic mass is 10.0. The molecular weight excluding hydrogens is 208 g/mol. The van der Waals surface area contributed by atoms with Gasteiger partial charge in [-0.3, -0.25) is 0 Å². The third kappa shape index (κ3) is 3.83. The Bertz CT molecular complexity index is 356. The van der Waals surface area contributed by atoms with E-state index in [-0.39, 0.29) is 0 Å². The van der Waals surface area contributed by atoms with Gasteiger partial charge in [0.25, 0.3) is 0 Å². The maximum absolute atomic E-state index is 3.60. The lowest BCUT2D eigenvalue weighted by Gasteiger charge is -2.13. The number of rotatable bonds is 7. The monoisotopic (exact) mass is 232 g/mol. The topological polar surface area (TPSA) is 24.1 Å². The van der Waals surface area contributed by atoms with E-state index in [1.807, 2.05) is 7.05 Å². The van der Waals surface area contributed by atoms with Gasteiger partial charge in [-0.1, -0.05) is 31.2 Å². The minimum absolute atomic E-state index is 0.597. The third-order valence-electron chi connectivity index (χ3n) is 3.73. The highest BCUT2D eigenvalue weighted by atomic mass is 14.9. The van der Waals surface area contributed by atoms with Crippen LogP contribution in [0.15, 0.2) is 24.3 Å². The van der Waals surface area contributed by atoms with Crippen molar-refractivity contribution < 1.29 is 0 Å². The number of hydrogen-bond donors (Lipinski definition) is 2. The van der Waals surface area contributed by atoms with Crippen LogP contribution in [0.2, 0.25) is 0 Å². The Hall–Kier alpha value is -0.860. The van der Waals surface area contributed by atoms with Gasteiger partial charge in [0.1, 0.15) is 0 Å². The van der Waals surface area contributed by atoms with Gasteiger partial charge in [-0.25, -0.2) is 0 Å². The molecular formula is C15H24N2. The largest absolute Gasteiger partial charge is 0.319 e. The summed E-state index contributed by atoms with van der Waals surface area (Å²) in [7, 11) is 2.01. The number of likely N-dealkylation sites (N-methyl/N-ethyl adjacent to an activating group) is 1. The van der Waals surface area contributed by atoms with Crippen LogP contribution in [0, 0.1) is 5.41 Å². The highest BCUT2D eigenvalue weighted by Gasteiger charge is 2.36. The maximum Gasteiger partial charge on any atom is 0.0208 e. The first kappa shape index (κ1) is 12.6. The molecule has 17 heavy (non-hydrogen) atoms. The Morgan fingerprint density at radius 2 is 1.88 bits per heavy atom. The minimum atomic E-state index is 0.597. The van der Waals surface area contributed by atoms with Crippen molar-refractivity contribution in [1.29, 1.82) is 0 Å². The molecule has 1 fully saturated rings. The first-order chi connectivity index (χ1) is 8.23. The number of hydrogen-bond acceptors (Lipinski definition) is 2. The maximum atomic E-state index is 3.60. The summed E-state index contributed by atoms with van der Waals surface area (Å²) in [6.45, 7) is 5.59. The molecule has 0 amide bonds. The molecule has 2 rings (SSSR count). The van der Waals surface area contributed by atoms with Crippen LogP contribution in [0.5, 0.6) is 0 Å². The zero-order valence-corrected chi connectivity index (χ0v) is 11.1. The average Bonchev–Trinajstić information content (AvgIpc) is 3.06. The van der Waals surface area contributed by atoms with Gasteiger partial charge in [0.2, 0.25) is 0 Å². The molecule has 2 N–H and O–H groups in total. The molecule has 0 saturated heterocycles. The molecule has 1 aromatic carbocycles. The fourth-order valence-corrected chi connectivity index (χ4v) is 2.12. The fourth-order valence-electron chi connectivity index (χ4n) is 2.12. The summed E-state index contributed by atoms with van der Waals surface area (Å²) in [4.78, 5) is 0. The van der Waals surface area contributed by atoms with Crippen molar-refractivity contribution in [3.05, 3.63) is 35.4 Å². The number of nitrogens with one attached hydrogen (secondary N) is 2. The molecule has 0 bridgehead atoms. The summed E-state index contributed by atoms with van der Waals surface area (Å²) in [6.07, 6.45) is 3.90. The Balaban J connectivity index is 1.85. The van der Waals surface area contributed by atoms with Crippen molar-refractivity contribution in [2.24, 2.45) is 5.41 Å². The van der Waals surface area contributed by atoms with E-state index < -0.39 is 0 Å². The Morgan fingerprint density at radius 3 is 2.53 bits per heavy atom. The molecule has 1 saturated carbocycles. The smallest absolute Gasteiger partial charge is 0.0208 e. The lowest BCUT2D eigenvalue weighted by Crippen LogP contribution is -2.22. The normalized spacial score (nSPS) is 17.1. The second-order valence-electron chi connectivity index (χ2n) is 5.54. The van der Waals surface area contributed by atoms with Crippen LogP contribution in [-0.2, 0) is 13.0 Å². The van der Waals surface area contributed by atoms with Crippen molar-refractivity contribution >= 4 is 0 Å². The van der Waals surface area contributed by atoms with E-state index in [9.17, 15) is 0 Å². The first-order valence-corrected chi connectivity index (χ1v) is 6.66. The van der Waals surface area contributed by atoms with Gasteiger partial charge in [-0.15, -0.1) is 0 Å². The van der Waals surface area contributed by atoms with E-state index in [0.717, 1.165) is 26.1 Å². The highest BCUT2D eigenvalue weighted by molar-refractivity contribution is 5.27. The highest BCUT2D eigenvalue weighted by Crippen LogP contribution is 2.44. The van der Waals surface area contributed by atoms with Gasteiger partial charge in [-0.05, 0) is 49.4 Å². The molecule has 0 atom stereocenters. The van der Waals surface area contributed by atoms with Crippen molar-refractivity contribution in [3.63, 3.8) is 0 Å². The molecule has 0 heterocycles. The van der Waals surface area contributed by atoms with E-state index >= 15 is 0 Å². The van der Waals surface area contributed by atoms with Gasteiger partial charge in [0, 0.05) is 13.1 Å². The van der Waals surface area contributed by atoms with Gasteiger partial charge in [0.05, 0.1) is 0 Å². The average molecular weight is 232 g/mol. The van der Waals surface area contributed by atoms with Crippen molar-refractivity contribution in [3.8, 4) is 0 Å². The molecule has 2 nitrogen and oxygen atoms in total. The lowest BCUT2D eigenvalue weighted by molar-refractivity contribution is 0.498. The summed E-state index contributed by atoms with van der Waals surface area (Å²) in [5.74, 6) is 0. The van der Waals surface area contributed by atoms with E-state index in [4.69, 9.17) is 0 Å². The van der Waals surface area contributed by atoms with Crippen LogP contribution in [0.3, 0.4) is 0 Å². The molecule has 0 radical (unpaired) electrons. The zero-order valence-electron chi connectivity index (χ0n) is 11.1. The molecule has 0 unspecified atom stereocenters. The molecule has 1 aromatic rings. The molecule has 1 aliphatic carbocycles. The molecule has 0 spiro atoms. The van der Waals surface area contributed by atoms with E-state index in [0.29, 0.717) is 5.41 Å². The Morgan fingerprint density at radius 1 is 1.18 bits per heavy atom. The summed E-state index contributed by atoms with van der Waals surface area (Å²) in [6, 6.07) is 8.76. The van der Waals surface area contributed by atoms with Crippen LogP contribution in [0.4, 0.5) is 0 Å². The summed E-state index contributed by atoms with van der Waals surface area (Å²) < 4.78 is 0. The summed E-state index contributed by atoms with van der Waals surface area (Å²) >= 11 is 0. The van der Waals surface area contributed by atoms with Gasteiger partial charge < -0.3 is 10.6 Å². The second kappa shape index (κ2) is 5.65. The molecule has 2 heteroatoms. The molecule has 0 aromatic heterocycles. The second-order valence-corrected chi connectivity index (χ2v) is 5.54. The SMILES string of the molecule is CNCCc1ccccc1CNCC1(C)CC1. The van der Waals surface area contributed by atoms with Gasteiger partial charge >= 0.3 is 0 Å². The van der Waals surface area contributed by atoms with Crippen molar-refractivity contribution in [1.82, 2.24) is 10.6 Å². The van der Waals surface area contributed by atoms with E-state index in [1.54, 1.807) is 0 Å². The zero-order chi connectivity index (χ0) is 12.1. The molecule has 1 aliphatic rings. The minimum Gasteiger partial charge on any atom is -0.319 e.